The van der Waals surface area contributed by atoms with Gasteiger partial charge in [-0.3, -0.25) is 4.79 Å². The highest BCUT2D eigenvalue weighted by molar-refractivity contribution is 5.76. The third-order valence-corrected chi connectivity index (χ3v) is 3.49. The minimum Gasteiger partial charge on any atom is -0.497 e. The van der Waals surface area contributed by atoms with Gasteiger partial charge < -0.3 is 14.8 Å². The zero-order valence-corrected chi connectivity index (χ0v) is 13.3. The SMILES string of the molecule is COc1cccc(CCC(=O)NCc2cc(F)ccc2OC)c1. The van der Waals surface area contributed by atoms with E-state index < -0.39 is 0 Å². The molecule has 0 radical (unpaired) electrons. The van der Waals surface area contributed by atoms with Gasteiger partial charge in [-0.05, 0) is 42.3 Å². The van der Waals surface area contributed by atoms with E-state index in [1.165, 1.54) is 19.2 Å². The van der Waals surface area contributed by atoms with E-state index in [0.717, 1.165) is 11.3 Å². The Morgan fingerprint density at radius 1 is 1.13 bits per heavy atom. The second-order valence-corrected chi connectivity index (χ2v) is 5.08. The van der Waals surface area contributed by atoms with Gasteiger partial charge >= 0.3 is 0 Å². The van der Waals surface area contributed by atoms with Crippen LogP contribution in [0.25, 0.3) is 0 Å². The van der Waals surface area contributed by atoms with Crippen molar-refractivity contribution in [2.24, 2.45) is 0 Å². The van der Waals surface area contributed by atoms with Gasteiger partial charge in [0.1, 0.15) is 17.3 Å². The fourth-order valence-electron chi connectivity index (χ4n) is 2.25. The zero-order chi connectivity index (χ0) is 16.7. The van der Waals surface area contributed by atoms with E-state index in [1.807, 2.05) is 24.3 Å². The third kappa shape index (κ3) is 4.98. The number of benzene rings is 2. The number of rotatable bonds is 7. The van der Waals surface area contributed by atoms with Crippen LogP contribution in [-0.4, -0.2) is 20.1 Å². The van der Waals surface area contributed by atoms with Gasteiger partial charge in [-0.25, -0.2) is 4.39 Å². The predicted molar refractivity (Wildman–Crippen MR) is 86.1 cm³/mol. The van der Waals surface area contributed by atoms with E-state index in [4.69, 9.17) is 9.47 Å². The Morgan fingerprint density at radius 2 is 1.96 bits per heavy atom. The summed E-state index contributed by atoms with van der Waals surface area (Å²) in [5, 5.41) is 2.78. The van der Waals surface area contributed by atoms with E-state index in [2.05, 4.69) is 5.32 Å². The summed E-state index contributed by atoms with van der Waals surface area (Å²) in [6, 6.07) is 11.8. The van der Waals surface area contributed by atoms with Crippen molar-refractivity contribution in [1.29, 1.82) is 0 Å². The molecule has 23 heavy (non-hydrogen) atoms. The number of hydrogen-bond acceptors (Lipinski definition) is 3. The zero-order valence-electron chi connectivity index (χ0n) is 13.3. The highest BCUT2D eigenvalue weighted by atomic mass is 19.1. The van der Waals surface area contributed by atoms with Crippen LogP contribution in [0.15, 0.2) is 42.5 Å². The molecule has 0 aliphatic carbocycles. The van der Waals surface area contributed by atoms with Crippen molar-refractivity contribution < 1.29 is 18.7 Å². The van der Waals surface area contributed by atoms with Crippen LogP contribution in [-0.2, 0) is 17.8 Å². The summed E-state index contributed by atoms with van der Waals surface area (Å²) in [6.45, 7) is 0.234. The molecule has 0 aromatic heterocycles. The topological polar surface area (TPSA) is 47.6 Å². The van der Waals surface area contributed by atoms with Gasteiger partial charge in [0.05, 0.1) is 14.2 Å². The van der Waals surface area contributed by atoms with Crippen molar-refractivity contribution in [1.82, 2.24) is 5.32 Å². The number of carbonyl (C=O) groups excluding carboxylic acids is 1. The maximum atomic E-state index is 13.3. The molecular formula is C18H20FNO3. The van der Waals surface area contributed by atoms with Crippen LogP contribution < -0.4 is 14.8 Å². The first-order valence-electron chi connectivity index (χ1n) is 7.34. The quantitative estimate of drug-likeness (QED) is 0.853. The van der Waals surface area contributed by atoms with Crippen LogP contribution in [0, 0.1) is 5.82 Å². The summed E-state index contributed by atoms with van der Waals surface area (Å²) in [6.07, 6.45) is 0.966. The normalized spacial score (nSPS) is 10.2. The average Bonchev–Trinajstić information content (AvgIpc) is 2.58. The molecule has 5 heteroatoms. The molecule has 4 nitrogen and oxygen atoms in total. The molecule has 2 aromatic rings. The molecule has 0 saturated heterocycles. The van der Waals surface area contributed by atoms with E-state index >= 15 is 0 Å². The van der Waals surface area contributed by atoms with Crippen LogP contribution in [0.2, 0.25) is 0 Å². The van der Waals surface area contributed by atoms with Gasteiger partial charge in [-0.2, -0.15) is 0 Å². The molecule has 0 bridgehead atoms. The second kappa shape index (κ2) is 8.17. The first-order valence-corrected chi connectivity index (χ1v) is 7.34. The number of halogens is 1. The van der Waals surface area contributed by atoms with E-state index in [-0.39, 0.29) is 18.3 Å². The molecule has 0 fully saturated rings. The monoisotopic (exact) mass is 317 g/mol. The van der Waals surface area contributed by atoms with Gasteiger partial charge in [-0.15, -0.1) is 0 Å². The van der Waals surface area contributed by atoms with Crippen LogP contribution >= 0.6 is 0 Å². The Kier molecular flexibility index (Phi) is 5.97. The Morgan fingerprint density at radius 3 is 2.70 bits per heavy atom. The number of hydrogen-bond donors (Lipinski definition) is 1. The summed E-state index contributed by atoms with van der Waals surface area (Å²) in [5.74, 6) is 0.873. The molecule has 0 atom stereocenters. The third-order valence-electron chi connectivity index (χ3n) is 3.49. The minimum atomic E-state index is -0.355. The summed E-state index contributed by atoms with van der Waals surface area (Å²) in [5.41, 5.74) is 1.64. The number of carbonyl (C=O) groups is 1. The lowest BCUT2D eigenvalue weighted by atomic mass is 10.1. The molecule has 0 spiro atoms. The van der Waals surface area contributed by atoms with Gasteiger partial charge in [-0.1, -0.05) is 12.1 Å². The van der Waals surface area contributed by atoms with E-state index in [0.29, 0.717) is 24.2 Å². The smallest absolute Gasteiger partial charge is 0.220 e. The van der Waals surface area contributed by atoms with Crippen molar-refractivity contribution in [3.63, 3.8) is 0 Å². The van der Waals surface area contributed by atoms with Crippen molar-refractivity contribution >= 4 is 5.91 Å². The molecule has 122 valence electrons. The summed E-state index contributed by atoms with van der Waals surface area (Å²) in [4.78, 5) is 12.0. The molecule has 2 rings (SSSR count). The predicted octanol–water partition coefficient (Wildman–Crippen LogP) is 3.09. The maximum Gasteiger partial charge on any atom is 0.220 e. The molecule has 0 heterocycles. The molecular weight excluding hydrogens is 297 g/mol. The standard InChI is InChI=1S/C18H20FNO3/c1-22-16-5-3-4-13(10-16)6-9-18(21)20-12-14-11-15(19)7-8-17(14)23-2/h3-5,7-8,10-11H,6,9,12H2,1-2H3,(H,20,21). The molecule has 0 aliphatic rings. The van der Waals surface area contributed by atoms with Crippen LogP contribution in [0.4, 0.5) is 4.39 Å². The highest BCUT2D eigenvalue weighted by Gasteiger charge is 2.07. The Labute approximate surface area is 135 Å². The molecule has 1 N–H and O–H groups in total. The van der Waals surface area contributed by atoms with Crippen molar-refractivity contribution in [2.45, 2.75) is 19.4 Å². The van der Waals surface area contributed by atoms with E-state index in [1.54, 1.807) is 13.2 Å². The van der Waals surface area contributed by atoms with Gasteiger partial charge in [0.15, 0.2) is 0 Å². The van der Waals surface area contributed by atoms with Crippen LogP contribution in [0.3, 0.4) is 0 Å². The van der Waals surface area contributed by atoms with Crippen LogP contribution in [0.1, 0.15) is 17.5 Å². The van der Waals surface area contributed by atoms with Crippen LogP contribution in [0.5, 0.6) is 11.5 Å². The number of ether oxygens (including phenoxy) is 2. The lowest BCUT2D eigenvalue weighted by Crippen LogP contribution is -2.23. The number of amides is 1. The number of nitrogens with one attached hydrogen (secondary N) is 1. The average molecular weight is 317 g/mol. The Bertz CT molecular complexity index is 673. The largest absolute Gasteiger partial charge is 0.497 e. The summed E-state index contributed by atoms with van der Waals surface area (Å²) in [7, 11) is 3.12. The van der Waals surface area contributed by atoms with E-state index in [9.17, 15) is 9.18 Å². The van der Waals surface area contributed by atoms with Crippen molar-refractivity contribution in [2.75, 3.05) is 14.2 Å². The summed E-state index contributed by atoms with van der Waals surface area (Å²) >= 11 is 0. The Balaban J connectivity index is 1.86. The van der Waals surface area contributed by atoms with Gasteiger partial charge in [0.2, 0.25) is 5.91 Å². The van der Waals surface area contributed by atoms with Gasteiger partial charge in [0, 0.05) is 18.5 Å². The lowest BCUT2D eigenvalue weighted by Gasteiger charge is -2.10. The van der Waals surface area contributed by atoms with Crippen molar-refractivity contribution in [3.05, 3.63) is 59.4 Å². The molecule has 0 saturated carbocycles. The first-order chi connectivity index (χ1) is 11.1. The second-order valence-electron chi connectivity index (χ2n) is 5.08. The maximum absolute atomic E-state index is 13.3. The number of aryl methyl sites for hydroxylation is 1. The van der Waals surface area contributed by atoms with Gasteiger partial charge in [0.25, 0.3) is 0 Å². The fourth-order valence-corrected chi connectivity index (χ4v) is 2.25. The minimum absolute atomic E-state index is 0.0980. The Hall–Kier alpha value is -2.56. The molecule has 0 unspecified atom stereocenters. The summed E-state index contributed by atoms with van der Waals surface area (Å²) < 4.78 is 23.6. The highest BCUT2D eigenvalue weighted by Crippen LogP contribution is 2.19. The molecule has 0 aliphatic heterocycles. The molecule has 2 aromatic carbocycles. The number of methoxy groups -OCH3 is 2. The lowest BCUT2D eigenvalue weighted by molar-refractivity contribution is -0.121. The fraction of sp³-hybridized carbons (Fsp3) is 0.278. The van der Waals surface area contributed by atoms with Crippen molar-refractivity contribution in [3.8, 4) is 11.5 Å². The molecule has 1 amide bonds. The first kappa shape index (κ1) is 16.8.